The maximum atomic E-state index is 11.4. The summed E-state index contributed by atoms with van der Waals surface area (Å²) in [6.45, 7) is 4.24. The first-order valence-corrected chi connectivity index (χ1v) is 5.28. The second-order valence-corrected chi connectivity index (χ2v) is 3.94. The molecule has 0 heterocycles. The van der Waals surface area contributed by atoms with Crippen LogP contribution in [0.3, 0.4) is 0 Å². The van der Waals surface area contributed by atoms with E-state index >= 15 is 0 Å². The highest BCUT2D eigenvalue weighted by atomic mass is 16.1. The minimum Gasteiger partial charge on any atom is -0.356 e. The van der Waals surface area contributed by atoms with Gasteiger partial charge < -0.3 is 5.32 Å². The summed E-state index contributed by atoms with van der Waals surface area (Å²) < 4.78 is 0. The van der Waals surface area contributed by atoms with E-state index < -0.39 is 0 Å². The molecule has 0 spiro atoms. The zero-order valence-corrected chi connectivity index (χ0v) is 9.25. The standard InChI is InChI=1S/C12H17NO2/c1-9(2)12(15)13-8-7-10-5-3-4-6-11(10)14/h3-5,9H,6-8H2,1-2H3,(H,13,15). The van der Waals surface area contributed by atoms with Crippen molar-refractivity contribution in [3.63, 3.8) is 0 Å². The molecule has 0 aromatic rings. The Morgan fingerprint density at radius 1 is 1.53 bits per heavy atom. The first-order valence-electron chi connectivity index (χ1n) is 5.28. The van der Waals surface area contributed by atoms with Crippen molar-refractivity contribution >= 4 is 11.7 Å². The Bertz CT molecular complexity index is 314. The van der Waals surface area contributed by atoms with Gasteiger partial charge in [0.1, 0.15) is 0 Å². The largest absolute Gasteiger partial charge is 0.356 e. The third kappa shape index (κ3) is 3.70. The molecule has 0 atom stereocenters. The van der Waals surface area contributed by atoms with Crippen molar-refractivity contribution in [3.05, 3.63) is 23.8 Å². The quantitative estimate of drug-likeness (QED) is 0.761. The van der Waals surface area contributed by atoms with Gasteiger partial charge in [-0.3, -0.25) is 9.59 Å². The van der Waals surface area contributed by atoms with Crippen LogP contribution in [-0.4, -0.2) is 18.2 Å². The summed E-state index contributed by atoms with van der Waals surface area (Å²) in [4.78, 5) is 22.6. The van der Waals surface area contributed by atoms with Crippen LogP contribution in [0.5, 0.6) is 0 Å². The lowest BCUT2D eigenvalue weighted by atomic mass is 10.0. The molecule has 15 heavy (non-hydrogen) atoms. The summed E-state index contributed by atoms with van der Waals surface area (Å²) in [5, 5.41) is 2.79. The van der Waals surface area contributed by atoms with E-state index in [1.807, 2.05) is 32.1 Å². The Morgan fingerprint density at radius 2 is 2.27 bits per heavy atom. The van der Waals surface area contributed by atoms with Crippen LogP contribution >= 0.6 is 0 Å². The molecular weight excluding hydrogens is 190 g/mol. The molecule has 0 saturated carbocycles. The second kappa shape index (κ2) is 5.49. The zero-order valence-electron chi connectivity index (χ0n) is 9.25. The summed E-state index contributed by atoms with van der Waals surface area (Å²) in [6.07, 6.45) is 6.68. The lowest BCUT2D eigenvalue weighted by Crippen LogP contribution is -2.29. The van der Waals surface area contributed by atoms with E-state index in [2.05, 4.69) is 5.32 Å². The van der Waals surface area contributed by atoms with Gasteiger partial charge in [0.05, 0.1) is 0 Å². The Labute approximate surface area is 90.2 Å². The lowest BCUT2D eigenvalue weighted by Gasteiger charge is -2.10. The number of rotatable bonds is 4. The number of carbonyl (C=O) groups is 2. The van der Waals surface area contributed by atoms with E-state index in [1.165, 1.54) is 0 Å². The Balaban J connectivity index is 2.31. The van der Waals surface area contributed by atoms with Crippen LogP contribution in [0.1, 0.15) is 26.7 Å². The van der Waals surface area contributed by atoms with E-state index in [0.717, 1.165) is 5.57 Å². The minimum atomic E-state index is 0.000864. The molecule has 0 unspecified atom stereocenters. The van der Waals surface area contributed by atoms with E-state index in [1.54, 1.807) is 0 Å². The van der Waals surface area contributed by atoms with Crippen molar-refractivity contribution in [1.29, 1.82) is 0 Å². The number of nitrogens with one attached hydrogen (secondary N) is 1. The molecule has 0 bridgehead atoms. The number of amides is 1. The molecule has 0 radical (unpaired) electrons. The molecular formula is C12H17NO2. The summed E-state index contributed by atoms with van der Waals surface area (Å²) in [5.74, 6) is 0.201. The second-order valence-electron chi connectivity index (χ2n) is 3.94. The van der Waals surface area contributed by atoms with Gasteiger partial charge in [-0.25, -0.2) is 0 Å². The van der Waals surface area contributed by atoms with Crippen LogP contribution < -0.4 is 5.32 Å². The predicted molar refractivity (Wildman–Crippen MR) is 59.3 cm³/mol. The number of ketones is 1. The molecule has 0 aromatic carbocycles. The number of hydrogen-bond acceptors (Lipinski definition) is 2. The van der Waals surface area contributed by atoms with Crippen LogP contribution in [0.4, 0.5) is 0 Å². The van der Waals surface area contributed by atoms with Crippen LogP contribution in [0, 0.1) is 5.92 Å². The van der Waals surface area contributed by atoms with Crippen LogP contribution in [0.25, 0.3) is 0 Å². The minimum absolute atomic E-state index is 0.000864. The maximum absolute atomic E-state index is 11.4. The first kappa shape index (κ1) is 11.7. The van der Waals surface area contributed by atoms with E-state index in [-0.39, 0.29) is 17.6 Å². The average molecular weight is 207 g/mol. The van der Waals surface area contributed by atoms with E-state index in [9.17, 15) is 9.59 Å². The third-order valence-electron chi connectivity index (χ3n) is 2.31. The van der Waals surface area contributed by atoms with Crippen molar-refractivity contribution in [1.82, 2.24) is 5.32 Å². The average Bonchev–Trinajstić information content (AvgIpc) is 2.20. The molecule has 1 rings (SSSR count). The van der Waals surface area contributed by atoms with Crippen LogP contribution in [0.2, 0.25) is 0 Å². The first-order chi connectivity index (χ1) is 7.11. The SMILES string of the molecule is CC(C)C(=O)NCCC1=CC=CCC1=O. The van der Waals surface area contributed by atoms with Crippen LogP contribution in [-0.2, 0) is 9.59 Å². The number of hydrogen-bond donors (Lipinski definition) is 1. The van der Waals surface area contributed by atoms with Gasteiger partial charge in [-0.2, -0.15) is 0 Å². The Morgan fingerprint density at radius 3 is 2.87 bits per heavy atom. The van der Waals surface area contributed by atoms with Crippen LogP contribution in [0.15, 0.2) is 23.8 Å². The topological polar surface area (TPSA) is 46.2 Å². The number of Topliss-reactive ketones (excluding diaryl/α,β-unsaturated/α-hetero) is 1. The molecule has 1 amide bonds. The fraction of sp³-hybridized carbons (Fsp3) is 0.500. The highest BCUT2D eigenvalue weighted by Crippen LogP contribution is 2.10. The Kier molecular flexibility index (Phi) is 4.28. The molecule has 1 aliphatic rings. The fourth-order valence-corrected chi connectivity index (χ4v) is 1.33. The van der Waals surface area contributed by atoms with Crippen molar-refractivity contribution in [2.45, 2.75) is 26.7 Å². The van der Waals surface area contributed by atoms with Gasteiger partial charge in [-0.05, 0) is 12.0 Å². The number of carbonyl (C=O) groups excluding carboxylic acids is 2. The van der Waals surface area contributed by atoms with Crippen molar-refractivity contribution in [2.24, 2.45) is 5.92 Å². The third-order valence-corrected chi connectivity index (χ3v) is 2.31. The van der Waals surface area contributed by atoms with Crippen molar-refractivity contribution in [3.8, 4) is 0 Å². The molecule has 0 aromatic heterocycles. The van der Waals surface area contributed by atoms with Gasteiger partial charge in [0.25, 0.3) is 0 Å². The normalized spacial score (nSPS) is 15.4. The molecule has 0 saturated heterocycles. The van der Waals surface area contributed by atoms with E-state index in [0.29, 0.717) is 19.4 Å². The lowest BCUT2D eigenvalue weighted by molar-refractivity contribution is -0.124. The highest BCUT2D eigenvalue weighted by molar-refractivity contribution is 5.97. The molecule has 1 aliphatic carbocycles. The van der Waals surface area contributed by atoms with Gasteiger partial charge in [0, 0.05) is 18.9 Å². The molecule has 3 heteroatoms. The Hall–Kier alpha value is -1.38. The number of allylic oxidation sites excluding steroid dienone is 3. The van der Waals surface area contributed by atoms with Gasteiger partial charge in [0.15, 0.2) is 5.78 Å². The zero-order chi connectivity index (χ0) is 11.3. The monoisotopic (exact) mass is 207 g/mol. The molecule has 0 aliphatic heterocycles. The van der Waals surface area contributed by atoms with E-state index in [4.69, 9.17) is 0 Å². The molecule has 3 nitrogen and oxygen atoms in total. The fourth-order valence-electron chi connectivity index (χ4n) is 1.33. The molecule has 0 fully saturated rings. The summed E-state index contributed by atoms with van der Waals surface area (Å²) in [6, 6.07) is 0. The highest BCUT2D eigenvalue weighted by Gasteiger charge is 2.11. The van der Waals surface area contributed by atoms with Crippen molar-refractivity contribution < 1.29 is 9.59 Å². The van der Waals surface area contributed by atoms with Gasteiger partial charge in [-0.1, -0.05) is 32.1 Å². The summed E-state index contributed by atoms with van der Waals surface area (Å²) in [5.41, 5.74) is 0.807. The van der Waals surface area contributed by atoms with Gasteiger partial charge >= 0.3 is 0 Å². The summed E-state index contributed by atoms with van der Waals surface area (Å²) >= 11 is 0. The predicted octanol–water partition coefficient (Wildman–Crippen LogP) is 1.60. The maximum Gasteiger partial charge on any atom is 0.222 e. The van der Waals surface area contributed by atoms with Crippen molar-refractivity contribution in [2.75, 3.05) is 6.54 Å². The molecule has 82 valence electrons. The van der Waals surface area contributed by atoms with Gasteiger partial charge in [0.2, 0.25) is 5.91 Å². The smallest absolute Gasteiger partial charge is 0.222 e. The summed E-state index contributed by atoms with van der Waals surface area (Å²) in [7, 11) is 0. The molecule has 1 N–H and O–H groups in total. The van der Waals surface area contributed by atoms with Gasteiger partial charge in [-0.15, -0.1) is 0 Å².